The first-order chi connectivity index (χ1) is 14.5. The summed E-state index contributed by atoms with van der Waals surface area (Å²) in [5.41, 5.74) is 4.13. The number of rotatable bonds is 5. The smallest absolute Gasteiger partial charge is 0.260 e. The van der Waals surface area contributed by atoms with Gasteiger partial charge in [0.2, 0.25) is 5.95 Å². The summed E-state index contributed by atoms with van der Waals surface area (Å²) in [5.74, 6) is 1.12. The quantitative estimate of drug-likeness (QED) is 0.549. The monoisotopic (exact) mass is 421 g/mol. The Balaban J connectivity index is 1.27. The van der Waals surface area contributed by atoms with Gasteiger partial charge in [-0.25, -0.2) is 4.98 Å². The van der Waals surface area contributed by atoms with Crippen LogP contribution in [-0.2, 0) is 17.9 Å². The standard InChI is InChI=1S/C21H23N7OS/c1-14-3-5-15(6-4-14)12-27-13-16(10-24-27)9-22-20-23-11-17-18(26-20)28-8-2-7-21(28,30)19(29)25-17/h3-6,10-11,13,30H,2,7-9,12H2,1H3,(H,25,29)(H,22,23,26)/t21-/m0/s1. The maximum absolute atomic E-state index is 12.4. The molecule has 3 aromatic rings. The first-order valence-corrected chi connectivity index (χ1v) is 10.5. The zero-order valence-corrected chi connectivity index (χ0v) is 17.6. The second-order valence-corrected chi connectivity index (χ2v) is 8.58. The van der Waals surface area contributed by atoms with Crippen molar-refractivity contribution in [2.75, 3.05) is 22.1 Å². The van der Waals surface area contributed by atoms with Gasteiger partial charge in [0.15, 0.2) is 10.7 Å². The fraction of sp³-hybridized carbons (Fsp3) is 0.333. The maximum atomic E-state index is 12.4. The van der Waals surface area contributed by atoms with Gasteiger partial charge in [-0.05, 0) is 25.3 Å². The van der Waals surface area contributed by atoms with Crippen LogP contribution in [0.1, 0.15) is 29.5 Å². The van der Waals surface area contributed by atoms with Crippen molar-refractivity contribution in [3.63, 3.8) is 0 Å². The Morgan fingerprint density at radius 2 is 2.07 bits per heavy atom. The van der Waals surface area contributed by atoms with Crippen LogP contribution in [-0.4, -0.2) is 37.1 Å². The van der Waals surface area contributed by atoms with Crippen LogP contribution in [0.25, 0.3) is 0 Å². The third-order valence-corrected chi connectivity index (χ3v) is 6.26. The van der Waals surface area contributed by atoms with Gasteiger partial charge in [0, 0.05) is 24.8 Å². The number of aromatic nitrogens is 4. The minimum Gasteiger partial charge on any atom is -0.350 e. The Bertz CT molecular complexity index is 1100. The average molecular weight is 422 g/mol. The molecule has 5 rings (SSSR count). The summed E-state index contributed by atoms with van der Waals surface area (Å²) in [6, 6.07) is 8.46. The van der Waals surface area contributed by atoms with E-state index in [1.807, 2.05) is 22.0 Å². The minimum absolute atomic E-state index is 0.110. The Kier molecular flexibility index (Phi) is 4.62. The molecule has 2 aliphatic heterocycles. The first-order valence-electron chi connectivity index (χ1n) is 10.0. The number of hydrogen-bond acceptors (Lipinski definition) is 7. The van der Waals surface area contributed by atoms with E-state index in [2.05, 4.69) is 69.5 Å². The van der Waals surface area contributed by atoms with Crippen LogP contribution < -0.4 is 15.5 Å². The molecule has 0 aliphatic carbocycles. The zero-order valence-electron chi connectivity index (χ0n) is 16.7. The van der Waals surface area contributed by atoms with Crippen molar-refractivity contribution in [2.45, 2.75) is 37.7 Å². The largest absolute Gasteiger partial charge is 0.350 e. The van der Waals surface area contributed by atoms with Crippen LogP contribution >= 0.6 is 12.6 Å². The lowest BCUT2D eigenvalue weighted by Crippen LogP contribution is -2.52. The number of nitrogens with zero attached hydrogens (tertiary/aromatic N) is 5. The number of thiol groups is 1. The molecule has 30 heavy (non-hydrogen) atoms. The van der Waals surface area contributed by atoms with Gasteiger partial charge in [0.25, 0.3) is 5.91 Å². The van der Waals surface area contributed by atoms with Crippen molar-refractivity contribution < 1.29 is 4.79 Å². The third kappa shape index (κ3) is 3.39. The van der Waals surface area contributed by atoms with Gasteiger partial charge in [0.05, 0.1) is 18.9 Å². The molecule has 154 valence electrons. The van der Waals surface area contributed by atoms with Crippen LogP contribution in [0, 0.1) is 6.92 Å². The van der Waals surface area contributed by atoms with Crippen molar-refractivity contribution in [2.24, 2.45) is 0 Å². The number of anilines is 3. The van der Waals surface area contributed by atoms with E-state index in [4.69, 9.17) is 0 Å². The average Bonchev–Trinajstić information content (AvgIpc) is 3.36. The Labute approximate surface area is 180 Å². The van der Waals surface area contributed by atoms with Crippen LogP contribution in [0.15, 0.2) is 42.9 Å². The van der Waals surface area contributed by atoms with E-state index >= 15 is 0 Å². The highest BCUT2D eigenvalue weighted by Crippen LogP contribution is 2.43. The Morgan fingerprint density at radius 1 is 1.23 bits per heavy atom. The molecule has 0 saturated carbocycles. The number of amides is 1. The van der Waals surface area contributed by atoms with E-state index < -0.39 is 4.87 Å². The molecule has 2 N–H and O–H groups in total. The van der Waals surface area contributed by atoms with Gasteiger partial charge in [0.1, 0.15) is 5.69 Å². The lowest BCUT2D eigenvalue weighted by molar-refractivity contribution is -0.118. The van der Waals surface area contributed by atoms with Gasteiger partial charge in [-0.3, -0.25) is 9.48 Å². The highest BCUT2D eigenvalue weighted by atomic mass is 32.1. The lowest BCUT2D eigenvalue weighted by atomic mass is 10.1. The van der Waals surface area contributed by atoms with Gasteiger partial charge in [-0.1, -0.05) is 29.8 Å². The van der Waals surface area contributed by atoms with E-state index in [0.29, 0.717) is 24.6 Å². The molecule has 1 amide bonds. The summed E-state index contributed by atoms with van der Waals surface area (Å²) < 4.78 is 1.92. The summed E-state index contributed by atoms with van der Waals surface area (Å²) in [5, 5.41) is 10.6. The minimum atomic E-state index is -0.824. The van der Waals surface area contributed by atoms with Crippen LogP contribution in [0.2, 0.25) is 0 Å². The summed E-state index contributed by atoms with van der Waals surface area (Å²) in [7, 11) is 0. The molecule has 1 fully saturated rings. The molecular formula is C21H23N7OS. The van der Waals surface area contributed by atoms with E-state index in [9.17, 15) is 4.79 Å². The number of carbonyl (C=O) groups is 1. The molecule has 1 saturated heterocycles. The number of nitrogens with one attached hydrogen (secondary N) is 2. The number of carbonyl (C=O) groups excluding carboxylic acids is 1. The number of benzene rings is 1. The molecule has 0 radical (unpaired) electrons. The zero-order chi connectivity index (χ0) is 20.7. The van der Waals surface area contributed by atoms with Crippen LogP contribution in [0.5, 0.6) is 0 Å². The van der Waals surface area contributed by atoms with Crippen LogP contribution in [0.4, 0.5) is 17.5 Å². The molecular weight excluding hydrogens is 398 g/mol. The molecule has 0 unspecified atom stereocenters. The molecule has 8 nitrogen and oxygen atoms in total. The van der Waals surface area contributed by atoms with E-state index in [1.165, 1.54) is 11.1 Å². The maximum Gasteiger partial charge on any atom is 0.260 e. The van der Waals surface area contributed by atoms with E-state index in [0.717, 1.165) is 30.9 Å². The predicted octanol–water partition coefficient (Wildman–Crippen LogP) is 2.82. The molecule has 4 heterocycles. The molecule has 1 atom stereocenters. The topological polar surface area (TPSA) is 88.0 Å². The van der Waals surface area contributed by atoms with Crippen molar-refractivity contribution in [3.05, 3.63) is 59.5 Å². The van der Waals surface area contributed by atoms with E-state index in [1.54, 1.807) is 6.20 Å². The van der Waals surface area contributed by atoms with Gasteiger partial charge in [-0.15, -0.1) is 12.6 Å². The molecule has 1 aromatic carbocycles. The number of fused-ring (bicyclic) bond motifs is 3. The normalized spacial score (nSPS) is 19.9. The molecule has 2 aromatic heterocycles. The number of aryl methyl sites for hydroxylation is 1. The van der Waals surface area contributed by atoms with E-state index in [-0.39, 0.29) is 5.91 Å². The predicted molar refractivity (Wildman–Crippen MR) is 119 cm³/mol. The lowest BCUT2D eigenvalue weighted by Gasteiger charge is -2.38. The molecule has 9 heteroatoms. The van der Waals surface area contributed by atoms with Crippen molar-refractivity contribution in [1.82, 2.24) is 19.7 Å². The SMILES string of the molecule is Cc1ccc(Cn2cc(CNc3ncc4c(n3)N3CCC[C@]3(S)C(=O)N4)cn2)cc1. The highest BCUT2D eigenvalue weighted by molar-refractivity contribution is 7.83. The van der Waals surface area contributed by atoms with Crippen molar-refractivity contribution in [3.8, 4) is 0 Å². The fourth-order valence-corrected chi connectivity index (χ4v) is 4.35. The summed E-state index contributed by atoms with van der Waals surface area (Å²) >= 11 is 4.64. The van der Waals surface area contributed by atoms with Gasteiger partial charge < -0.3 is 15.5 Å². The Hall–Kier alpha value is -3.07. The summed E-state index contributed by atoms with van der Waals surface area (Å²) in [4.78, 5) is 22.5. The first kappa shape index (κ1) is 18.9. The molecule has 2 aliphatic rings. The molecule has 0 bridgehead atoms. The van der Waals surface area contributed by atoms with Gasteiger partial charge >= 0.3 is 0 Å². The highest BCUT2D eigenvalue weighted by Gasteiger charge is 2.49. The third-order valence-electron chi connectivity index (χ3n) is 5.59. The van der Waals surface area contributed by atoms with Gasteiger partial charge in [-0.2, -0.15) is 10.1 Å². The van der Waals surface area contributed by atoms with Crippen molar-refractivity contribution in [1.29, 1.82) is 0 Å². The molecule has 0 spiro atoms. The summed E-state index contributed by atoms with van der Waals surface area (Å²) in [6.07, 6.45) is 7.12. The number of hydrogen-bond donors (Lipinski definition) is 3. The second kappa shape index (κ2) is 7.32. The Morgan fingerprint density at radius 3 is 2.90 bits per heavy atom. The van der Waals surface area contributed by atoms with Crippen molar-refractivity contribution >= 4 is 36.0 Å². The van der Waals surface area contributed by atoms with Crippen LogP contribution in [0.3, 0.4) is 0 Å². The summed E-state index contributed by atoms with van der Waals surface area (Å²) in [6.45, 7) is 4.13. The second-order valence-electron chi connectivity index (χ2n) is 7.84. The fourth-order valence-electron chi connectivity index (χ4n) is 3.94.